The number of hydrogen-bond donors (Lipinski definition) is 0. The van der Waals surface area contributed by atoms with Gasteiger partial charge in [0.15, 0.2) is 0 Å². The quantitative estimate of drug-likeness (QED) is 0.445. The molecule has 0 aromatic rings. The molecule has 0 aromatic carbocycles. The summed E-state index contributed by atoms with van der Waals surface area (Å²) in [7, 11) is 0. The molecule has 3 nitrogen and oxygen atoms in total. The number of allylic oxidation sites excluding steroid dienone is 1. The van der Waals surface area contributed by atoms with Gasteiger partial charge < -0.3 is 9.47 Å². The highest BCUT2D eigenvalue weighted by Crippen LogP contribution is 2.29. The molecule has 0 amide bonds. The monoisotopic (exact) mass is 262 g/mol. The van der Waals surface area contributed by atoms with Crippen LogP contribution in [0.4, 0.5) is 0 Å². The second-order valence-corrected chi connectivity index (χ2v) is 4.13. The molecule has 80 valence electrons. The number of halogens is 1. The summed E-state index contributed by atoms with van der Waals surface area (Å²) in [6.45, 7) is 4.81. The Morgan fingerprint density at radius 3 is 2.79 bits per heavy atom. The molecule has 0 aliphatic carbocycles. The summed E-state index contributed by atoms with van der Waals surface area (Å²) in [5, 5.41) is 0. The van der Waals surface area contributed by atoms with Crippen LogP contribution >= 0.6 is 15.9 Å². The molecule has 0 saturated carbocycles. The molecule has 1 rings (SSSR count). The Morgan fingerprint density at radius 2 is 2.36 bits per heavy atom. The molecule has 1 aliphatic rings. The minimum atomic E-state index is -0.253. The van der Waals surface area contributed by atoms with E-state index in [4.69, 9.17) is 9.47 Å². The fourth-order valence-electron chi connectivity index (χ4n) is 1.41. The van der Waals surface area contributed by atoms with Crippen molar-refractivity contribution in [2.75, 3.05) is 13.2 Å². The summed E-state index contributed by atoms with van der Waals surface area (Å²) in [4.78, 5) is 11.7. The molecule has 0 spiro atoms. The highest BCUT2D eigenvalue weighted by Gasteiger charge is 2.26. The van der Waals surface area contributed by atoms with Crippen LogP contribution in [-0.2, 0) is 14.3 Å². The Labute approximate surface area is 92.6 Å². The zero-order chi connectivity index (χ0) is 10.6. The van der Waals surface area contributed by atoms with Crippen LogP contribution < -0.4 is 0 Å². The first-order valence-corrected chi connectivity index (χ1v) is 5.79. The second-order valence-electron chi connectivity index (χ2n) is 3.02. The average molecular weight is 263 g/mol. The van der Waals surface area contributed by atoms with Crippen molar-refractivity contribution in [1.82, 2.24) is 0 Å². The van der Waals surface area contributed by atoms with Crippen LogP contribution in [0.2, 0.25) is 0 Å². The summed E-state index contributed by atoms with van der Waals surface area (Å²) < 4.78 is 10.4. The molecule has 4 heteroatoms. The predicted molar refractivity (Wildman–Crippen MR) is 57.2 cm³/mol. The molecule has 1 unspecified atom stereocenters. The van der Waals surface area contributed by atoms with Crippen molar-refractivity contribution in [3.8, 4) is 0 Å². The summed E-state index contributed by atoms with van der Waals surface area (Å²) >= 11 is 3.47. The first-order valence-electron chi connectivity index (χ1n) is 4.87. The van der Waals surface area contributed by atoms with E-state index < -0.39 is 0 Å². The van der Waals surface area contributed by atoms with Crippen LogP contribution in [0.3, 0.4) is 0 Å². The first kappa shape index (κ1) is 11.6. The topological polar surface area (TPSA) is 35.5 Å². The van der Waals surface area contributed by atoms with Crippen LogP contribution in [0, 0.1) is 0 Å². The lowest BCUT2D eigenvalue weighted by molar-refractivity contribution is -0.138. The normalized spacial score (nSPS) is 24.4. The Hall–Kier alpha value is -0.510. The predicted octanol–water partition coefficient (Wildman–Crippen LogP) is 2.40. The Bertz CT molecular complexity index is 248. The maximum atomic E-state index is 11.5. The average Bonchev–Trinajstić information content (AvgIpc) is 2.54. The summed E-state index contributed by atoms with van der Waals surface area (Å²) in [5.74, 6) is 0.502. The molecule has 1 saturated heterocycles. The maximum Gasteiger partial charge on any atom is 0.337 e. The van der Waals surface area contributed by atoms with Crippen molar-refractivity contribution in [3.63, 3.8) is 0 Å². The molecule has 0 radical (unpaired) electrons. The van der Waals surface area contributed by atoms with Gasteiger partial charge in [-0.2, -0.15) is 0 Å². The van der Waals surface area contributed by atoms with Gasteiger partial charge in [-0.05, 0) is 13.3 Å². The summed E-state index contributed by atoms with van der Waals surface area (Å²) in [5.41, 5.74) is 0.659. The molecule has 0 bridgehead atoms. The van der Waals surface area contributed by atoms with E-state index in [0.29, 0.717) is 25.2 Å². The fourth-order valence-corrected chi connectivity index (χ4v) is 2.00. The van der Waals surface area contributed by atoms with Gasteiger partial charge in [0.05, 0.1) is 23.6 Å². The van der Waals surface area contributed by atoms with Gasteiger partial charge in [0.1, 0.15) is 5.76 Å². The van der Waals surface area contributed by atoms with E-state index >= 15 is 0 Å². The third-order valence-electron chi connectivity index (χ3n) is 2.09. The van der Waals surface area contributed by atoms with Gasteiger partial charge in [0, 0.05) is 6.42 Å². The van der Waals surface area contributed by atoms with E-state index in [0.717, 1.165) is 12.2 Å². The third-order valence-corrected chi connectivity index (χ3v) is 2.96. The number of rotatable bonds is 3. The van der Waals surface area contributed by atoms with Crippen LogP contribution in [0.25, 0.3) is 0 Å². The second kappa shape index (κ2) is 5.39. The van der Waals surface area contributed by atoms with Crippen molar-refractivity contribution in [1.29, 1.82) is 0 Å². The Kier molecular flexibility index (Phi) is 4.45. The number of alkyl halides is 1. The molecular formula is C10H15BrO3. The van der Waals surface area contributed by atoms with Gasteiger partial charge in [0.2, 0.25) is 0 Å². The summed E-state index contributed by atoms with van der Waals surface area (Å²) in [6.07, 6.45) is 1.56. The maximum absolute atomic E-state index is 11.5. The van der Waals surface area contributed by atoms with Crippen LogP contribution in [0.15, 0.2) is 11.3 Å². The SMILES string of the molecule is CCOC(=O)/C(CC)=C1/OCCC1Br. The molecule has 14 heavy (non-hydrogen) atoms. The number of hydrogen-bond acceptors (Lipinski definition) is 3. The van der Waals surface area contributed by atoms with Gasteiger partial charge >= 0.3 is 5.97 Å². The van der Waals surface area contributed by atoms with E-state index in [1.807, 2.05) is 6.92 Å². The van der Waals surface area contributed by atoms with Gasteiger partial charge in [-0.25, -0.2) is 4.79 Å². The van der Waals surface area contributed by atoms with E-state index in [1.54, 1.807) is 6.92 Å². The molecule has 1 aliphatic heterocycles. The number of carbonyl (C=O) groups excluding carboxylic acids is 1. The highest BCUT2D eigenvalue weighted by molar-refractivity contribution is 9.09. The van der Waals surface area contributed by atoms with Crippen molar-refractivity contribution >= 4 is 21.9 Å². The van der Waals surface area contributed by atoms with Crippen molar-refractivity contribution < 1.29 is 14.3 Å². The standard InChI is InChI=1S/C10H15BrO3/c1-3-7(10(12)13-4-2)9-8(11)5-6-14-9/h8H,3-6H2,1-2H3/b9-7+. The van der Waals surface area contributed by atoms with E-state index in [1.165, 1.54) is 0 Å². The molecule has 1 atom stereocenters. The minimum absolute atomic E-state index is 0.168. The lowest BCUT2D eigenvalue weighted by Gasteiger charge is -2.10. The highest BCUT2D eigenvalue weighted by atomic mass is 79.9. The molecule has 0 N–H and O–H groups in total. The van der Waals surface area contributed by atoms with Crippen LogP contribution in [0.1, 0.15) is 26.7 Å². The minimum Gasteiger partial charge on any atom is -0.496 e. The first-order chi connectivity index (χ1) is 6.70. The van der Waals surface area contributed by atoms with Crippen LogP contribution in [0.5, 0.6) is 0 Å². The van der Waals surface area contributed by atoms with E-state index in [2.05, 4.69) is 15.9 Å². The number of carbonyl (C=O) groups is 1. The lowest BCUT2D eigenvalue weighted by atomic mass is 10.1. The summed E-state index contributed by atoms with van der Waals surface area (Å²) in [6, 6.07) is 0. The Balaban J connectivity index is 2.82. The third kappa shape index (κ3) is 2.50. The number of ether oxygens (including phenoxy) is 2. The van der Waals surface area contributed by atoms with Crippen molar-refractivity contribution in [3.05, 3.63) is 11.3 Å². The molecule has 1 fully saturated rings. The molecule has 1 heterocycles. The van der Waals surface area contributed by atoms with Gasteiger partial charge in [-0.1, -0.05) is 22.9 Å². The Morgan fingerprint density at radius 1 is 1.64 bits per heavy atom. The smallest absolute Gasteiger partial charge is 0.337 e. The van der Waals surface area contributed by atoms with E-state index in [-0.39, 0.29) is 10.8 Å². The van der Waals surface area contributed by atoms with Crippen molar-refractivity contribution in [2.24, 2.45) is 0 Å². The van der Waals surface area contributed by atoms with Crippen molar-refractivity contribution in [2.45, 2.75) is 31.5 Å². The largest absolute Gasteiger partial charge is 0.496 e. The van der Waals surface area contributed by atoms with E-state index in [9.17, 15) is 4.79 Å². The fraction of sp³-hybridized carbons (Fsp3) is 0.700. The zero-order valence-electron chi connectivity index (χ0n) is 8.51. The lowest BCUT2D eigenvalue weighted by Crippen LogP contribution is -2.12. The van der Waals surface area contributed by atoms with Gasteiger partial charge in [-0.15, -0.1) is 0 Å². The zero-order valence-corrected chi connectivity index (χ0v) is 10.1. The number of esters is 1. The van der Waals surface area contributed by atoms with Gasteiger partial charge in [0.25, 0.3) is 0 Å². The molecule has 0 aromatic heterocycles. The van der Waals surface area contributed by atoms with Crippen LogP contribution in [-0.4, -0.2) is 24.0 Å². The van der Waals surface area contributed by atoms with Gasteiger partial charge in [-0.3, -0.25) is 0 Å². The molecular weight excluding hydrogens is 248 g/mol.